The van der Waals surface area contributed by atoms with E-state index in [0.717, 1.165) is 32.1 Å². The largest absolute Gasteiger partial charge is 0.472 e. The van der Waals surface area contributed by atoms with Gasteiger partial charge in [-0.25, -0.2) is 4.57 Å². The van der Waals surface area contributed by atoms with Crippen LogP contribution in [0.3, 0.4) is 0 Å². The highest BCUT2D eigenvalue weighted by molar-refractivity contribution is 7.47. The number of ether oxygens (including phenoxy) is 2. The summed E-state index contributed by atoms with van der Waals surface area (Å²) in [6.07, 6.45) is 33.4. The number of esters is 1. The predicted molar refractivity (Wildman–Crippen MR) is 201 cm³/mol. The Hall–Kier alpha value is -0.540. The van der Waals surface area contributed by atoms with Crippen molar-refractivity contribution in [3.05, 3.63) is 0 Å². The first-order valence-electron chi connectivity index (χ1n) is 20.5. The summed E-state index contributed by atoms with van der Waals surface area (Å²) < 4.78 is 33.3. The molecule has 10 heteroatoms. The molecule has 0 saturated heterocycles. The highest BCUT2D eigenvalue weighted by Crippen LogP contribution is 2.43. The summed E-state index contributed by atoms with van der Waals surface area (Å²) in [5.74, 6) is -0.378. The molecule has 0 aliphatic carbocycles. The number of hydrogen-bond acceptors (Lipinski definition) is 8. The van der Waals surface area contributed by atoms with E-state index in [1.165, 1.54) is 148 Å². The van der Waals surface area contributed by atoms with Crippen molar-refractivity contribution < 1.29 is 43.0 Å². The first kappa shape index (κ1) is 48.5. The third-order valence-corrected chi connectivity index (χ3v) is 9.99. The predicted octanol–water partition coefficient (Wildman–Crippen LogP) is 10.8. The van der Waals surface area contributed by atoms with E-state index in [4.69, 9.17) is 23.6 Å². The standard InChI is InChI=1S/C39H79O9P/c1-3-5-7-9-11-13-15-17-18-19-21-23-25-27-29-31-39(42)48-38(36-47-49(43,44)46-34-37(41)33-40)35-45-32-30-28-26-24-22-20-16-14-12-10-8-6-4-2/h37-38,40-41H,3-36H2,1-2H3,(H,43,44). The molecule has 294 valence electrons. The van der Waals surface area contributed by atoms with Crippen LogP contribution in [0.4, 0.5) is 0 Å². The maximum Gasteiger partial charge on any atom is 0.472 e. The van der Waals surface area contributed by atoms with Crippen LogP contribution < -0.4 is 0 Å². The normalized spacial score (nSPS) is 14.1. The first-order valence-corrected chi connectivity index (χ1v) is 22.0. The highest BCUT2D eigenvalue weighted by atomic mass is 31.2. The van der Waals surface area contributed by atoms with Crippen LogP contribution in [0.1, 0.15) is 200 Å². The van der Waals surface area contributed by atoms with Crippen molar-refractivity contribution in [2.24, 2.45) is 0 Å². The molecule has 0 aliphatic heterocycles. The summed E-state index contributed by atoms with van der Waals surface area (Å²) in [7, 11) is -4.50. The fourth-order valence-corrected chi connectivity index (χ4v) is 6.68. The Labute approximate surface area is 301 Å². The summed E-state index contributed by atoms with van der Waals surface area (Å²) in [5, 5.41) is 18.3. The summed E-state index contributed by atoms with van der Waals surface area (Å²) in [5.41, 5.74) is 0. The number of hydrogen-bond donors (Lipinski definition) is 3. The van der Waals surface area contributed by atoms with Gasteiger partial charge in [-0.2, -0.15) is 0 Å². The zero-order chi connectivity index (χ0) is 36.1. The molecule has 0 fully saturated rings. The molecule has 0 aromatic rings. The maximum atomic E-state index is 12.6. The molecule has 3 N–H and O–H groups in total. The quantitative estimate of drug-likeness (QED) is 0.0321. The van der Waals surface area contributed by atoms with Gasteiger partial charge in [0.25, 0.3) is 0 Å². The molecule has 0 aromatic carbocycles. The summed E-state index contributed by atoms with van der Waals surface area (Å²) in [4.78, 5) is 22.5. The molecule has 0 amide bonds. The van der Waals surface area contributed by atoms with Crippen molar-refractivity contribution >= 4 is 13.8 Å². The molecule has 0 saturated carbocycles. The van der Waals surface area contributed by atoms with Crippen LogP contribution in [0.2, 0.25) is 0 Å². The van der Waals surface area contributed by atoms with E-state index < -0.39 is 33.2 Å². The van der Waals surface area contributed by atoms with Crippen molar-refractivity contribution in [3.63, 3.8) is 0 Å². The Balaban J connectivity index is 4.15. The average molecular weight is 723 g/mol. The molecule has 9 nitrogen and oxygen atoms in total. The molecule has 49 heavy (non-hydrogen) atoms. The second kappa shape index (κ2) is 37.2. The Kier molecular flexibility index (Phi) is 36.8. The van der Waals surface area contributed by atoms with Crippen LogP contribution in [0.15, 0.2) is 0 Å². The van der Waals surface area contributed by atoms with Gasteiger partial charge in [0.05, 0.1) is 26.4 Å². The average Bonchev–Trinajstić information content (AvgIpc) is 3.09. The second-order valence-electron chi connectivity index (χ2n) is 14.0. The van der Waals surface area contributed by atoms with Crippen LogP contribution in [-0.2, 0) is 27.9 Å². The van der Waals surface area contributed by atoms with Gasteiger partial charge in [-0.05, 0) is 12.8 Å². The van der Waals surface area contributed by atoms with Crippen LogP contribution in [-0.4, -0.2) is 66.3 Å². The van der Waals surface area contributed by atoms with Crippen LogP contribution >= 0.6 is 7.82 Å². The minimum atomic E-state index is -4.50. The first-order chi connectivity index (χ1) is 23.8. The monoisotopic (exact) mass is 723 g/mol. The van der Waals surface area contributed by atoms with E-state index in [1.54, 1.807) is 0 Å². The number of carbonyl (C=O) groups excluding carboxylic acids is 1. The summed E-state index contributed by atoms with van der Waals surface area (Å²) >= 11 is 0. The fourth-order valence-electron chi connectivity index (χ4n) is 5.89. The van der Waals surface area contributed by atoms with Crippen molar-refractivity contribution in [3.8, 4) is 0 Å². The molecular formula is C39H79O9P. The van der Waals surface area contributed by atoms with Crippen molar-refractivity contribution in [1.82, 2.24) is 0 Å². The van der Waals surface area contributed by atoms with Crippen LogP contribution in [0, 0.1) is 0 Å². The van der Waals surface area contributed by atoms with Crippen molar-refractivity contribution in [2.75, 3.05) is 33.0 Å². The number of aliphatic hydroxyl groups is 2. The van der Waals surface area contributed by atoms with Gasteiger partial charge in [-0.1, -0.05) is 181 Å². The topological polar surface area (TPSA) is 132 Å². The molecule has 0 rings (SSSR count). The lowest BCUT2D eigenvalue weighted by Crippen LogP contribution is -2.29. The van der Waals surface area contributed by atoms with Gasteiger partial charge in [0.2, 0.25) is 0 Å². The van der Waals surface area contributed by atoms with Gasteiger partial charge < -0.3 is 24.6 Å². The Morgan fingerprint density at radius 1 is 0.551 bits per heavy atom. The fraction of sp³-hybridized carbons (Fsp3) is 0.974. The lowest BCUT2D eigenvalue weighted by atomic mass is 10.0. The molecule has 0 aliphatic rings. The molecule has 0 heterocycles. The van der Waals surface area contributed by atoms with Gasteiger partial charge in [-0.3, -0.25) is 13.8 Å². The van der Waals surface area contributed by atoms with E-state index >= 15 is 0 Å². The Morgan fingerprint density at radius 3 is 1.33 bits per heavy atom. The number of carbonyl (C=O) groups is 1. The molecule has 0 aromatic heterocycles. The maximum absolute atomic E-state index is 12.6. The van der Waals surface area contributed by atoms with E-state index in [2.05, 4.69) is 13.8 Å². The van der Waals surface area contributed by atoms with Crippen LogP contribution in [0.25, 0.3) is 0 Å². The zero-order valence-electron chi connectivity index (χ0n) is 31.9. The summed E-state index contributed by atoms with van der Waals surface area (Å²) in [6, 6.07) is 0. The van der Waals surface area contributed by atoms with E-state index in [-0.39, 0.29) is 25.6 Å². The number of aliphatic hydroxyl groups excluding tert-OH is 2. The number of unbranched alkanes of at least 4 members (excludes halogenated alkanes) is 26. The Bertz CT molecular complexity index is 739. The van der Waals surface area contributed by atoms with Gasteiger partial charge >= 0.3 is 13.8 Å². The molecular weight excluding hydrogens is 643 g/mol. The third kappa shape index (κ3) is 37.0. The van der Waals surface area contributed by atoms with E-state index in [1.807, 2.05) is 0 Å². The minimum Gasteiger partial charge on any atom is -0.457 e. The Morgan fingerprint density at radius 2 is 0.918 bits per heavy atom. The number of rotatable bonds is 40. The number of phosphoric ester groups is 1. The van der Waals surface area contributed by atoms with Gasteiger partial charge in [0.1, 0.15) is 12.2 Å². The highest BCUT2D eigenvalue weighted by Gasteiger charge is 2.26. The summed E-state index contributed by atoms with van der Waals surface area (Å²) in [6.45, 7) is 3.56. The zero-order valence-corrected chi connectivity index (χ0v) is 32.8. The van der Waals surface area contributed by atoms with Crippen molar-refractivity contribution in [2.45, 2.75) is 212 Å². The van der Waals surface area contributed by atoms with Gasteiger partial charge in [-0.15, -0.1) is 0 Å². The van der Waals surface area contributed by atoms with E-state index in [9.17, 15) is 19.4 Å². The second-order valence-corrected chi connectivity index (χ2v) is 15.5. The molecule has 0 spiro atoms. The van der Waals surface area contributed by atoms with E-state index in [0.29, 0.717) is 6.61 Å². The van der Waals surface area contributed by atoms with Crippen LogP contribution in [0.5, 0.6) is 0 Å². The smallest absolute Gasteiger partial charge is 0.457 e. The number of phosphoric acid groups is 1. The molecule has 3 unspecified atom stereocenters. The SMILES string of the molecule is CCCCCCCCCCCCCCCCCC(=O)OC(COCCCCCCCCCCCCCCC)COP(=O)(O)OCC(O)CO. The van der Waals surface area contributed by atoms with Crippen molar-refractivity contribution in [1.29, 1.82) is 0 Å². The molecule has 0 radical (unpaired) electrons. The van der Waals surface area contributed by atoms with Gasteiger partial charge in [0, 0.05) is 13.0 Å². The minimum absolute atomic E-state index is 0.0577. The third-order valence-electron chi connectivity index (χ3n) is 9.04. The lowest BCUT2D eigenvalue weighted by Gasteiger charge is -2.20. The molecule has 3 atom stereocenters. The molecule has 0 bridgehead atoms. The van der Waals surface area contributed by atoms with Gasteiger partial charge in [0.15, 0.2) is 0 Å². The lowest BCUT2D eigenvalue weighted by molar-refractivity contribution is -0.154.